The van der Waals surface area contributed by atoms with Crippen LogP contribution in [0.3, 0.4) is 0 Å². The van der Waals surface area contributed by atoms with E-state index in [-0.39, 0.29) is 11.7 Å². The molecule has 116 valence electrons. The number of piperidine rings is 1. The Hall–Kier alpha value is -1.59. The van der Waals surface area contributed by atoms with Gasteiger partial charge in [0.25, 0.3) is 0 Å². The van der Waals surface area contributed by atoms with Gasteiger partial charge in [-0.25, -0.2) is 4.39 Å². The van der Waals surface area contributed by atoms with Crippen molar-refractivity contribution >= 4 is 5.91 Å². The zero-order valence-electron chi connectivity index (χ0n) is 11.5. The van der Waals surface area contributed by atoms with Crippen LogP contribution in [-0.4, -0.2) is 30.1 Å². The minimum absolute atomic E-state index is 0.160. The molecule has 0 aromatic heterocycles. The van der Waals surface area contributed by atoms with Crippen molar-refractivity contribution in [2.24, 2.45) is 0 Å². The van der Waals surface area contributed by atoms with E-state index >= 15 is 0 Å². The van der Waals surface area contributed by atoms with E-state index < -0.39 is 24.9 Å². The SMILES string of the molecule is O=C(CCC(F)(F)F)N1CCC(c2cccc(F)c2)CC1. The third kappa shape index (κ3) is 4.72. The molecule has 0 N–H and O–H groups in total. The van der Waals surface area contributed by atoms with E-state index in [1.54, 1.807) is 6.07 Å². The van der Waals surface area contributed by atoms with Gasteiger partial charge in [-0.1, -0.05) is 12.1 Å². The molecule has 1 aromatic carbocycles. The first-order valence-electron chi connectivity index (χ1n) is 6.95. The summed E-state index contributed by atoms with van der Waals surface area (Å²) in [6, 6.07) is 6.34. The Labute approximate surface area is 120 Å². The molecule has 0 aliphatic carbocycles. The largest absolute Gasteiger partial charge is 0.389 e. The fourth-order valence-electron chi connectivity index (χ4n) is 2.63. The highest BCUT2D eigenvalue weighted by Crippen LogP contribution is 2.29. The number of carbonyl (C=O) groups is 1. The second kappa shape index (κ2) is 6.45. The van der Waals surface area contributed by atoms with Crippen LogP contribution in [-0.2, 0) is 4.79 Å². The van der Waals surface area contributed by atoms with Crippen molar-refractivity contribution < 1.29 is 22.4 Å². The fourth-order valence-corrected chi connectivity index (χ4v) is 2.63. The van der Waals surface area contributed by atoms with Crippen LogP contribution in [0.15, 0.2) is 24.3 Å². The lowest BCUT2D eigenvalue weighted by Gasteiger charge is -2.32. The van der Waals surface area contributed by atoms with Crippen LogP contribution >= 0.6 is 0 Å². The Morgan fingerprint density at radius 1 is 1.24 bits per heavy atom. The standard InChI is InChI=1S/C15H17F4NO/c16-13-3-1-2-12(10-13)11-5-8-20(9-6-11)14(21)4-7-15(17,18)19/h1-3,10-11H,4-9H2. The number of benzene rings is 1. The van der Waals surface area contributed by atoms with Gasteiger partial charge in [0, 0.05) is 19.5 Å². The minimum Gasteiger partial charge on any atom is -0.343 e. The summed E-state index contributed by atoms with van der Waals surface area (Å²) in [5.41, 5.74) is 0.886. The lowest BCUT2D eigenvalue weighted by atomic mass is 9.89. The summed E-state index contributed by atoms with van der Waals surface area (Å²) in [6.07, 6.45) is -4.55. The number of likely N-dealkylation sites (tertiary alicyclic amines) is 1. The van der Waals surface area contributed by atoms with Gasteiger partial charge in [0.1, 0.15) is 5.82 Å². The molecule has 1 heterocycles. The second-order valence-electron chi connectivity index (χ2n) is 5.33. The smallest absolute Gasteiger partial charge is 0.343 e. The van der Waals surface area contributed by atoms with E-state index in [2.05, 4.69) is 0 Å². The van der Waals surface area contributed by atoms with E-state index in [4.69, 9.17) is 0 Å². The van der Waals surface area contributed by atoms with Gasteiger partial charge in [-0.2, -0.15) is 13.2 Å². The monoisotopic (exact) mass is 303 g/mol. The van der Waals surface area contributed by atoms with Crippen LogP contribution in [0.4, 0.5) is 17.6 Å². The number of amides is 1. The van der Waals surface area contributed by atoms with E-state index in [0.717, 1.165) is 5.56 Å². The van der Waals surface area contributed by atoms with Crippen molar-refractivity contribution in [1.29, 1.82) is 0 Å². The van der Waals surface area contributed by atoms with E-state index in [0.29, 0.717) is 25.9 Å². The number of carbonyl (C=O) groups excluding carboxylic acids is 1. The molecule has 21 heavy (non-hydrogen) atoms. The van der Waals surface area contributed by atoms with Gasteiger partial charge in [0.05, 0.1) is 6.42 Å². The quantitative estimate of drug-likeness (QED) is 0.776. The number of halogens is 4. The maximum absolute atomic E-state index is 13.2. The molecule has 6 heteroatoms. The van der Waals surface area contributed by atoms with Crippen molar-refractivity contribution in [3.63, 3.8) is 0 Å². The Morgan fingerprint density at radius 2 is 1.90 bits per heavy atom. The predicted molar refractivity (Wildman–Crippen MR) is 70.2 cm³/mol. The van der Waals surface area contributed by atoms with Crippen LogP contribution in [0.1, 0.15) is 37.2 Å². The van der Waals surface area contributed by atoms with E-state index in [9.17, 15) is 22.4 Å². The first-order chi connectivity index (χ1) is 9.85. The van der Waals surface area contributed by atoms with Crippen LogP contribution in [0.2, 0.25) is 0 Å². The van der Waals surface area contributed by atoms with Gasteiger partial charge in [0.15, 0.2) is 0 Å². The van der Waals surface area contributed by atoms with Crippen LogP contribution in [0.25, 0.3) is 0 Å². The van der Waals surface area contributed by atoms with E-state index in [1.165, 1.54) is 17.0 Å². The highest BCUT2D eigenvalue weighted by molar-refractivity contribution is 5.76. The van der Waals surface area contributed by atoms with Crippen molar-refractivity contribution in [2.45, 2.75) is 37.8 Å². The maximum atomic E-state index is 13.2. The fraction of sp³-hybridized carbons (Fsp3) is 0.533. The summed E-state index contributed by atoms with van der Waals surface area (Å²) >= 11 is 0. The van der Waals surface area contributed by atoms with Gasteiger partial charge in [0.2, 0.25) is 5.91 Å². The van der Waals surface area contributed by atoms with Gasteiger partial charge >= 0.3 is 6.18 Å². The summed E-state index contributed by atoms with van der Waals surface area (Å²) in [5.74, 6) is -0.589. The molecule has 1 aliphatic heterocycles. The van der Waals surface area contributed by atoms with Crippen molar-refractivity contribution in [2.75, 3.05) is 13.1 Å². The summed E-state index contributed by atoms with van der Waals surface area (Å²) in [7, 11) is 0. The normalized spacial score (nSPS) is 17.0. The Bertz CT molecular complexity index is 493. The molecule has 1 aromatic rings. The summed E-state index contributed by atoms with van der Waals surface area (Å²) in [6.45, 7) is 0.857. The number of nitrogens with zero attached hydrogens (tertiary/aromatic N) is 1. The van der Waals surface area contributed by atoms with Gasteiger partial charge < -0.3 is 4.90 Å². The number of alkyl halides is 3. The predicted octanol–water partition coefficient (Wildman–Crippen LogP) is 3.87. The van der Waals surface area contributed by atoms with Crippen molar-refractivity contribution in [3.8, 4) is 0 Å². The average Bonchev–Trinajstić information content (AvgIpc) is 2.44. The van der Waals surface area contributed by atoms with Crippen LogP contribution in [0.5, 0.6) is 0 Å². The minimum atomic E-state index is -4.30. The Balaban J connectivity index is 1.84. The number of hydrogen-bond donors (Lipinski definition) is 0. The highest BCUT2D eigenvalue weighted by atomic mass is 19.4. The zero-order valence-corrected chi connectivity index (χ0v) is 11.5. The molecule has 1 fully saturated rings. The molecule has 0 atom stereocenters. The van der Waals surface area contributed by atoms with Crippen molar-refractivity contribution in [1.82, 2.24) is 4.90 Å². The molecule has 0 bridgehead atoms. The Kier molecular flexibility index (Phi) is 4.85. The van der Waals surface area contributed by atoms with Crippen molar-refractivity contribution in [3.05, 3.63) is 35.6 Å². The second-order valence-corrected chi connectivity index (χ2v) is 5.33. The number of hydrogen-bond acceptors (Lipinski definition) is 1. The zero-order chi connectivity index (χ0) is 15.5. The topological polar surface area (TPSA) is 20.3 Å². The third-order valence-corrected chi connectivity index (χ3v) is 3.79. The van der Waals surface area contributed by atoms with Gasteiger partial charge in [-0.05, 0) is 36.5 Å². The third-order valence-electron chi connectivity index (χ3n) is 3.79. The lowest BCUT2D eigenvalue weighted by Crippen LogP contribution is -2.38. The molecule has 2 nitrogen and oxygen atoms in total. The number of rotatable bonds is 3. The van der Waals surface area contributed by atoms with Crippen LogP contribution in [0, 0.1) is 5.82 Å². The maximum Gasteiger partial charge on any atom is 0.389 e. The molecular formula is C15H17F4NO. The highest BCUT2D eigenvalue weighted by Gasteiger charge is 2.30. The molecule has 0 spiro atoms. The van der Waals surface area contributed by atoms with E-state index in [1.807, 2.05) is 6.07 Å². The first kappa shape index (κ1) is 15.8. The summed E-state index contributed by atoms with van der Waals surface area (Å²) in [4.78, 5) is 13.2. The molecule has 0 saturated carbocycles. The molecule has 1 saturated heterocycles. The summed E-state index contributed by atoms with van der Waals surface area (Å²) < 4.78 is 49.5. The summed E-state index contributed by atoms with van der Waals surface area (Å²) in [5, 5.41) is 0. The molecular weight excluding hydrogens is 286 g/mol. The molecule has 1 aliphatic rings. The average molecular weight is 303 g/mol. The molecule has 0 radical (unpaired) electrons. The van der Waals surface area contributed by atoms with Crippen LogP contribution < -0.4 is 0 Å². The van der Waals surface area contributed by atoms with Gasteiger partial charge in [-0.15, -0.1) is 0 Å². The Morgan fingerprint density at radius 3 is 2.48 bits per heavy atom. The molecule has 0 unspecified atom stereocenters. The molecule has 2 rings (SSSR count). The lowest BCUT2D eigenvalue weighted by molar-refractivity contribution is -0.149. The van der Waals surface area contributed by atoms with Gasteiger partial charge in [-0.3, -0.25) is 4.79 Å². The molecule has 1 amide bonds. The first-order valence-corrected chi connectivity index (χ1v) is 6.95.